The minimum Gasteiger partial charge on any atom is -0.384 e. The molecule has 1 aromatic heterocycles. The number of carbonyl (C=O) groups is 1. The van der Waals surface area contributed by atoms with Crippen LogP contribution in [0.1, 0.15) is 56.4 Å². The Balaban J connectivity index is 2.35. The van der Waals surface area contributed by atoms with Gasteiger partial charge in [0.1, 0.15) is 11.5 Å². The molecule has 0 aliphatic heterocycles. The number of hydrogen-bond donors (Lipinski definition) is 2. The zero-order valence-electron chi connectivity index (χ0n) is 11.3. The quantitative estimate of drug-likeness (QED) is 0.730. The van der Waals surface area contributed by atoms with Crippen molar-refractivity contribution in [2.45, 2.75) is 52.0 Å². The summed E-state index contributed by atoms with van der Waals surface area (Å²) in [5, 5.41) is 2.94. The Morgan fingerprint density at radius 3 is 2.83 bits per heavy atom. The highest BCUT2D eigenvalue weighted by Crippen LogP contribution is 2.06. The molecule has 0 spiro atoms. The summed E-state index contributed by atoms with van der Waals surface area (Å²) in [5.41, 5.74) is 5.93. The fourth-order valence-electron chi connectivity index (χ4n) is 1.83. The molecule has 1 heterocycles. The number of pyridine rings is 1. The van der Waals surface area contributed by atoms with Gasteiger partial charge in [0.2, 0.25) is 0 Å². The van der Waals surface area contributed by atoms with Crippen LogP contribution >= 0.6 is 0 Å². The molecule has 1 rings (SSSR count). The van der Waals surface area contributed by atoms with Gasteiger partial charge < -0.3 is 11.1 Å². The highest BCUT2D eigenvalue weighted by molar-refractivity contribution is 5.92. The lowest BCUT2D eigenvalue weighted by Crippen LogP contribution is -2.33. The Hall–Kier alpha value is -1.58. The maximum Gasteiger partial charge on any atom is 0.270 e. The van der Waals surface area contributed by atoms with Crippen LogP contribution in [0.4, 0.5) is 5.82 Å². The number of nitrogens with two attached hydrogens (primary N) is 1. The molecule has 0 saturated carbocycles. The molecule has 0 aromatic carbocycles. The van der Waals surface area contributed by atoms with E-state index in [2.05, 4.69) is 17.2 Å². The van der Waals surface area contributed by atoms with Crippen LogP contribution in [0.25, 0.3) is 0 Å². The van der Waals surface area contributed by atoms with Gasteiger partial charge in [-0.15, -0.1) is 0 Å². The van der Waals surface area contributed by atoms with E-state index in [1.54, 1.807) is 18.2 Å². The Morgan fingerprint density at radius 1 is 1.39 bits per heavy atom. The fraction of sp³-hybridized carbons (Fsp3) is 0.571. The van der Waals surface area contributed by atoms with Gasteiger partial charge >= 0.3 is 0 Å². The van der Waals surface area contributed by atoms with Crippen molar-refractivity contribution in [3.05, 3.63) is 23.9 Å². The molecule has 0 aliphatic carbocycles. The van der Waals surface area contributed by atoms with E-state index in [0.29, 0.717) is 11.5 Å². The number of nitrogens with zero attached hydrogens (tertiary/aromatic N) is 1. The molecule has 4 nitrogen and oxygen atoms in total. The molecular formula is C14H23N3O. The van der Waals surface area contributed by atoms with Crippen LogP contribution in [-0.4, -0.2) is 16.9 Å². The van der Waals surface area contributed by atoms with Crippen molar-refractivity contribution in [1.82, 2.24) is 10.3 Å². The van der Waals surface area contributed by atoms with Gasteiger partial charge in [-0.1, -0.05) is 38.7 Å². The van der Waals surface area contributed by atoms with E-state index in [4.69, 9.17) is 5.73 Å². The summed E-state index contributed by atoms with van der Waals surface area (Å²) in [6, 6.07) is 5.27. The molecule has 1 aromatic rings. The second-order valence-electron chi connectivity index (χ2n) is 4.67. The number of aromatic nitrogens is 1. The van der Waals surface area contributed by atoms with Gasteiger partial charge in [-0.25, -0.2) is 4.98 Å². The molecule has 1 atom stereocenters. The molecule has 3 N–H and O–H groups in total. The molecule has 1 unspecified atom stereocenters. The third-order valence-electron chi connectivity index (χ3n) is 2.87. The van der Waals surface area contributed by atoms with Crippen LogP contribution in [0.2, 0.25) is 0 Å². The first-order valence-electron chi connectivity index (χ1n) is 6.67. The van der Waals surface area contributed by atoms with Gasteiger partial charge in [-0.2, -0.15) is 0 Å². The van der Waals surface area contributed by atoms with E-state index in [-0.39, 0.29) is 11.9 Å². The molecule has 18 heavy (non-hydrogen) atoms. The first-order chi connectivity index (χ1) is 8.63. The molecule has 0 bridgehead atoms. The average molecular weight is 249 g/mol. The second-order valence-corrected chi connectivity index (χ2v) is 4.67. The van der Waals surface area contributed by atoms with Crippen molar-refractivity contribution < 1.29 is 4.79 Å². The molecule has 0 aliphatic rings. The minimum absolute atomic E-state index is 0.148. The number of amides is 1. The van der Waals surface area contributed by atoms with Crippen molar-refractivity contribution in [2.75, 3.05) is 5.73 Å². The number of unbranched alkanes of at least 4 members (excludes halogenated alkanes) is 3. The maximum absolute atomic E-state index is 11.9. The van der Waals surface area contributed by atoms with E-state index < -0.39 is 0 Å². The summed E-state index contributed by atoms with van der Waals surface area (Å²) < 4.78 is 0. The first-order valence-corrected chi connectivity index (χ1v) is 6.67. The highest BCUT2D eigenvalue weighted by atomic mass is 16.1. The van der Waals surface area contributed by atoms with Crippen LogP contribution in [0.15, 0.2) is 18.2 Å². The van der Waals surface area contributed by atoms with Gasteiger partial charge in [0, 0.05) is 6.04 Å². The summed E-state index contributed by atoms with van der Waals surface area (Å²) in [7, 11) is 0. The highest BCUT2D eigenvalue weighted by Gasteiger charge is 2.10. The van der Waals surface area contributed by atoms with Crippen LogP contribution in [0, 0.1) is 0 Å². The summed E-state index contributed by atoms with van der Waals surface area (Å²) in [6.45, 7) is 4.22. The van der Waals surface area contributed by atoms with Gasteiger partial charge in [0.15, 0.2) is 0 Å². The van der Waals surface area contributed by atoms with E-state index in [0.717, 1.165) is 12.8 Å². The largest absolute Gasteiger partial charge is 0.384 e. The van der Waals surface area contributed by atoms with Crippen LogP contribution in [0.5, 0.6) is 0 Å². The van der Waals surface area contributed by atoms with E-state index in [1.807, 2.05) is 6.92 Å². The van der Waals surface area contributed by atoms with Gasteiger partial charge in [-0.3, -0.25) is 4.79 Å². The monoisotopic (exact) mass is 249 g/mol. The number of nitrogen functional groups attached to an aromatic ring is 1. The second kappa shape index (κ2) is 7.69. The average Bonchev–Trinajstić information content (AvgIpc) is 2.34. The third kappa shape index (κ3) is 5.17. The molecular weight excluding hydrogens is 226 g/mol. The molecule has 0 radical (unpaired) electrons. The summed E-state index contributed by atoms with van der Waals surface area (Å²) in [5.74, 6) is 0.226. The molecule has 4 heteroatoms. The Morgan fingerprint density at radius 2 is 2.17 bits per heavy atom. The lowest BCUT2D eigenvalue weighted by Gasteiger charge is -2.13. The van der Waals surface area contributed by atoms with Crippen LogP contribution in [0.3, 0.4) is 0 Å². The fourth-order valence-corrected chi connectivity index (χ4v) is 1.83. The van der Waals surface area contributed by atoms with Crippen molar-refractivity contribution in [2.24, 2.45) is 0 Å². The normalized spacial score (nSPS) is 12.1. The van der Waals surface area contributed by atoms with Gasteiger partial charge in [0.05, 0.1) is 0 Å². The Bertz CT molecular complexity index is 379. The number of rotatable bonds is 7. The predicted molar refractivity (Wildman–Crippen MR) is 74.3 cm³/mol. The third-order valence-corrected chi connectivity index (χ3v) is 2.87. The number of hydrogen-bond acceptors (Lipinski definition) is 3. The van der Waals surface area contributed by atoms with Crippen molar-refractivity contribution >= 4 is 11.7 Å². The Labute approximate surface area is 109 Å². The SMILES string of the molecule is CCCCCCC(C)NC(=O)c1cccc(N)n1. The molecule has 1 amide bonds. The standard InChI is InChI=1S/C14H23N3O/c1-3-4-5-6-8-11(2)16-14(18)12-9-7-10-13(15)17-12/h7,9-11H,3-6,8H2,1-2H3,(H2,15,17)(H,16,18). The lowest BCUT2D eigenvalue weighted by atomic mass is 10.1. The molecule has 0 fully saturated rings. The smallest absolute Gasteiger partial charge is 0.270 e. The lowest BCUT2D eigenvalue weighted by molar-refractivity contribution is 0.0933. The summed E-state index contributed by atoms with van der Waals surface area (Å²) in [6.07, 6.45) is 5.88. The van der Waals surface area contributed by atoms with E-state index >= 15 is 0 Å². The van der Waals surface area contributed by atoms with Crippen molar-refractivity contribution in [3.63, 3.8) is 0 Å². The zero-order chi connectivity index (χ0) is 13.4. The number of anilines is 1. The number of carbonyl (C=O) groups excluding carboxylic acids is 1. The van der Waals surface area contributed by atoms with Gasteiger partial charge in [0.25, 0.3) is 5.91 Å². The summed E-state index contributed by atoms with van der Waals surface area (Å²) in [4.78, 5) is 15.9. The topological polar surface area (TPSA) is 68.0 Å². The minimum atomic E-state index is -0.148. The van der Waals surface area contributed by atoms with Crippen molar-refractivity contribution in [3.8, 4) is 0 Å². The maximum atomic E-state index is 11.9. The molecule has 100 valence electrons. The van der Waals surface area contributed by atoms with Gasteiger partial charge in [-0.05, 0) is 25.5 Å². The van der Waals surface area contributed by atoms with Crippen LogP contribution in [-0.2, 0) is 0 Å². The molecule has 0 saturated heterocycles. The number of nitrogens with one attached hydrogen (secondary N) is 1. The van der Waals surface area contributed by atoms with E-state index in [1.165, 1.54) is 19.3 Å². The zero-order valence-corrected chi connectivity index (χ0v) is 11.3. The first kappa shape index (κ1) is 14.5. The van der Waals surface area contributed by atoms with Crippen molar-refractivity contribution in [1.29, 1.82) is 0 Å². The summed E-state index contributed by atoms with van der Waals surface area (Å²) >= 11 is 0. The Kier molecular flexibility index (Phi) is 6.19. The van der Waals surface area contributed by atoms with E-state index in [9.17, 15) is 4.79 Å². The predicted octanol–water partition coefficient (Wildman–Crippen LogP) is 2.75. The van der Waals surface area contributed by atoms with Crippen LogP contribution < -0.4 is 11.1 Å².